The van der Waals surface area contributed by atoms with E-state index in [1.807, 2.05) is 41.6 Å². The number of anilines is 1. The molecule has 2 aromatic heterocycles. The van der Waals surface area contributed by atoms with Gasteiger partial charge in [-0.3, -0.25) is 9.48 Å². The summed E-state index contributed by atoms with van der Waals surface area (Å²) in [7, 11) is 1.69. The van der Waals surface area contributed by atoms with E-state index in [1.165, 1.54) is 0 Å². The van der Waals surface area contributed by atoms with Crippen LogP contribution in [-0.4, -0.2) is 51.4 Å². The Morgan fingerprint density at radius 3 is 3.04 bits per heavy atom. The summed E-state index contributed by atoms with van der Waals surface area (Å²) in [4.78, 5) is 18.3. The number of aromatic nitrogens is 3. The lowest BCUT2D eigenvalue weighted by Crippen LogP contribution is -2.38. The number of nitrogens with zero attached hydrogens (tertiary/aromatic N) is 3. The maximum Gasteiger partial charge on any atom is 0.254 e. The predicted octanol–water partition coefficient (Wildman–Crippen LogP) is 1.88. The Labute approximate surface area is 145 Å². The minimum Gasteiger partial charge on any atom is -0.382 e. The number of carbonyl (C=O) groups is 1. The van der Waals surface area contributed by atoms with Gasteiger partial charge in [-0.2, -0.15) is 5.10 Å². The van der Waals surface area contributed by atoms with Gasteiger partial charge in [0.05, 0.1) is 18.7 Å². The quantitative estimate of drug-likeness (QED) is 0.759. The number of rotatable bonds is 4. The first-order chi connectivity index (χ1) is 12.2. The van der Waals surface area contributed by atoms with Crippen LogP contribution in [0.3, 0.4) is 0 Å². The topological polar surface area (TPSA) is 89.2 Å². The summed E-state index contributed by atoms with van der Waals surface area (Å²) in [6, 6.07) is 9.47. The highest BCUT2D eigenvalue weighted by atomic mass is 16.5. The fourth-order valence-electron chi connectivity index (χ4n) is 3.59. The maximum atomic E-state index is 13.2. The smallest absolute Gasteiger partial charge is 0.254 e. The van der Waals surface area contributed by atoms with E-state index in [0.29, 0.717) is 24.5 Å². The summed E-state index contributed by atoms with van der Waals surface area (Å²) in [6.07, 6.45) is 4.51. The lowest BCUT2D eigenvalue weighted by molar-refractivity contribution is 0.0680. The highest BCUT2D eigenvalue weighted by Crippen LogP contribution is 2.26. The van der Waals surface area contributed by atoms with Crippen molar-refractivity contribution in [2.24, 2.45) is 0 Å². The number of nitrogens with two attached hydrogens (primary N) is 1. The van der Waals surface area contributed by atoms with E-state index < -0.39 is 0 Å². The van der Waals surface area contributed by atoms with Gasteiger partial charge in [0.2, 0.25) is 0 Å². The lowest BCUT2D eigenvalue weighted by Gasteiger charge is -2.24. The van der Waals surface area contributed by atoms with Gasteiger partial charge >= 0.3 is 0 Å². The Balaban J connectivity index is 1.63. The van der Waals surface area contributed by atoms with E-state index >= 15 is 0 Å². The molecule has 0 unspecified atom stereocenters. The van der Waals surface area contributed by atoms with Crippen LogP contribution in [0.2, 0.25) is 0 Å². The summed E-state index contributed by atoms with van der Waals surface area (Å²) in [5.41, 5.74) is 7.37. The zero-order chi connectivity index (χ0) is 17.4. The second kappa shape index (κ2) is 6.25. The van der Waals surface area contributed by atoms with E-state index in [1.54, 1.807) is 17.9 Å². The largest absolute Gasteiger partial charge is 0.382 e. The molecular weight excluding hydrogens is 318 g/mol. The molecule has 3 aromatic rings. The van der Waals surface area contributed by atoms with E-state index in [4.69, 9.17) is 10.5 Å². The monoisotopic (exact) mass is 339 g/mol. The third-order valence-corrected chi connectivity index (χ3v) is 4.85. The molecule has 0 saturated carbocycles. The average molecular weight is 339 g/mol. The van der Waals surface area contributed by atoms with Crippen molar-refractivity contribution in [1.29, 1.82) is 0 Å². The first-order valence-electron chi connectivity index (χ1n) is 8.34. The van der Waals surface area contributed by atoms with Crippen molar-refractivity contribution >= 4 is 22.6 Å². The summed E-state index contributed by atoms with van der Waals surface area (Å²) >= 11 is 0. The normalized spacial score (nSPS) is 20.4. The van der Waals surface area contributed by atoms with Crippen molar-refractivity contribution in [3.05, 3.63) is 48.3 Å². The Morgan fingerprint density at radius 1 is 1.40 bits per heavy atom. The second-order valence-electron chi connectivity index (χ2n) is 6.41. The van der Waals surface area contributed by atoms with Crippen LogP contribution in [0.1, 0.15) is 16.8 Å². The number of nitrogen functional groups attached to an aromatic ring is 1. The number of fused-ring (bicyclic) bond motifs is 1. The standard InChI is InChI=1S/C18H21N5O2/c1-25-13-9-12(10-22-8-6-17(19)21-22)23(11-13)18(24)15-3-2-4-16-14(15)5-7-20-16/h2-8,12-13,20H,9-11H2,1H3,(H2,19,21)/t12-,13+/m0/s1. The molecule has 1 amide bonds. The van der Waals surface area contributed by atoms with Crippen LogP contribution in [0.4, 0.5) is 5.82 Å². The van der Waals surface area contributed by atoms with Crippen LogP contribution in [-0.2, 0) is 11.3 Å². The van der Waals surface area contributed by atoms with Gasteiger partial charge in [-0.25, -0.2) is 0 Å². The summed E-state index contributed by atoms with van der Waals surface area (Å²) in [5, 5.41) is 5.18. The van der Waals surface area contributed by atoms with Gasteiger partial charge in [0.1, 0.15) is 5.82 Å². The Kier molecular flexibility index (Phi) is 3.93. The zero-order valence-corrected chi connectivity index (χ0v) is 14.1. The molecule has 3 heterocycles. The summed E-state index contributed by atoms with van der Waals surface area (Å²) in [6.45, 7) is 1.18. The van der Waals surface area contributed by atoms with Crippen LogP contribution in [0, 0.1) is 0 Å². The number of hydrogen-bond donors (Lipinski definition) is 2. The number of aromatic amines is 1. The molecule has 1 aliphatic heterocycles. The van der Waals surface area contributed by atoms with Gasteiger partial charge in [0.15, 0.2) is 0 Å². The molecular formula is C18H21N5O2. The molecule has 1 fully saturated rings. The minimum atomic E-state index is 0.0194. The first-order valence-corrected chi connectivity index (χ1v) is 8.34. The average Bonchev–Trinajstić information content (AvgIpc) is 3.33. The Hall–Kier alpha value is -2.80. The van der Waals surface area contributed by atoms with Crippen molar-refractivity contribution < 1.29 is 9.53 Å². The number of carbonyl (C=O) groups excluding carboxylic acids is 1. The number of H-pyrrole nitrogens is 1. The van der Waals surface area contributed by atoms with Crippen molar-refractivity contribution in [3.8, 4) is 0 Å². The number of methoxy groups -OCH3 is 1. The molecule has 4 rings (SSSR count). The van der Waals surface area contributed by atoms with Gasteiger partial charge in [0, 0.05) is 42.5 Å². The van der Waals surface area contributed by atoms with E-state index in [0.717, 1.165) is 17.3 Å². The predicted molar refractivity (Wildman–Crippen MR) is 95.2 cm³/mol. The number of likely N-dealkylation sites (tertiary alicyclic amines) is 1. The second-order valence-corrected chi connectivity index (χ2v) is 6.41. The van der Waals surface area contributed by atoms with Gasteiger partial charge < -0.3 is 20.4 Å². The highest BCUT2D eigenvalue weighted by Gasteiger charge is 2.36. The Morgan fingerprint density at radius 2 is 2.28 bits per heavy atom. The van der Waals surface area contributed by atoms with E-state index in [-0.39, 0.29) is 18.1 Å². The molecule has 0 bridgehead atoms. The molecule has 1 aliphatic rings. The van der Waals surface area contributed by atoms with E-state index in [9.17, 15) is 4.79 Å². The van der Waals surface area contributed by atoms with Gasteiger partial charge in [-0.15, -0.1) is 0 Å². The fraction of sp³-hybridized carbons (Fsp3) is 0.333. The van der Waals surface area contributed by atoms with Crippen LogP contribution in [0.25, 0.3) is 10.9 Å². The van der Waals surface area contributed by atoms with Crippen molar-refractivity contribution in [2.75, 3.05) is 19.4 Å². The number of nitrogens with one attached hydrogen (secondary N) is 1. The van der Waals surface area contributed by atoms with Crippen LogP contribution < -0.4 is 5.73 Å². The molecule has 7 nitrogen and oxygen atoms in total. The third kappa shape index (κ3) is 2.87. The molecule has 3 N–H and O–H groups in total. The maximum absolute atomic E-state index is 13.2. The van der Waals surface area contributed by atoms with Crippen molar-refractivity contribution in [1.82, 2.24) is 19.7 Å². The van der Waals surface area contributed by atoms with Crippen LogP contribution >= 0.6 is 0 Å². The van der Waals surface area contributed by atoms with E-state index in [2.05, 4.69) is 10.1 Å². The molecule has 130 valence electrons. The highest BCUT2D eigenvalue weighted by molar-refractivity contribution is 6.06. The zero-order valence-electron chi connectivity index (χ0n) is 14.1. The van der Waals surface area contributed by atoms with Crippen LogP contribution in [0.15, 0.2) is 42.7 Å². The molecule has 0 radical (unpaired) electrons. The first kappa shape index (κ1) is 15.7. The van der Waals surface area contributed by atoms with Crippen molar-refractivity contribution in [3.63, 3.8) is 0 Å². The summed E-state index contributed by atoms with van der Waals surface area (Å²) < 4.78 is 7.31. The summed E-state index contributed by atoms with van der Waals surface area (Å²) in [5.74, 6) is 0.506. The fourth-order valence-corrected chi connectivity index (χ4v) is 3.59. The minimum absolute atomic E-state index is 0.0194. The molecule has 25 heavy (non-hydrogen) atoms. The van der Waals surface area contributed by atoms with Gasteiger partial charge in [0.25, 0.3) is 5.91 Å². The SMILES string of the molecule is CO[C@@H]1C[C@@H](Cn2ccc(N)n2)N(C(=O)c2cccc3[nH]ccc23)C1. The molecule has 0 aliphatic carbocycles. The number of amides is 1. The molecule has 1 saturated heterocycles. The number of benzene rings is 1. The number of hydrogen-bond acceptors (Lipinski definition) is 4. The molecule has 0 spiro atoms. The molecule has 7 heteroatoms. The lowest BCUT2D eigenvalue weighted by atomic mass is 10.1. The Bertz CT molecular complexity index is 900. The number of ether oxygens (including phenoxy) is 1. The third-order valence-electron chi connectivity index (χ3n) is 4.85. The molecule has 1 aromatic carbocycles. The molecule has 2 atom stereocenters. The van der Waals surface area contributed by atoms with Crippen molar-refractivity contribution in [2.45, 2.75) is 25.1 Å². The van der Waals surface area contributed by atoms with Gasteiger partial charge in [-0.05, 0) is 30.7 Å². The van der Waals surface area contributed by atoms with Crippen LogP contribution in [0.5, 0.6) is 0 Å². The van der Waals surface area contributed by atoms with Gasteiger partial charge in [-0.1, -0.05) is 6.07 Å².